The predicted molar refractivity (Wildman–Crippen MR) is 79.6 cm³/mol. The number of nitrogens with one attached hydrogen (secondary N) is 1. The van der Waals surface area contributed by atoms with E-state index < -0.39 is 0 Å². The van der Waals surface area contributed by atoms with Crippen LogP contribution in [0.1, 0.15) is 16.6 Å². The molecule has 2 rings (SSSR count). The minimum Gasteiger partial charge on any atom is -0.394 e. The molecule has 7 heteroatoms. The number of nitrogens with zero attached hydrogens (tertiary/aromatic N) is 4. The third-order valence-corrected chi connectivity index (χ3v) is 4.03. The Hall–Kier alpha value is -1.28. The molecule has 0 aliphatic heterocycles. The van der Waals surface area contributed by atoms with Crippen molar-refractivity contribution in [3.8, 4) is 0 Å². The fraction of sp³-hybridized carbons (Fsp3) is 0.538. The van der Waals surface area contributed by atoms with Crippen LogP contribution in [0.5, 0.6) is 0 Å². The van der Waals surface area contributed by atoms with Gasteiger partial charge in [-0.1, -0.05) is 11.3 Å². The zero-order valence-electron chi connectivity index (χ0n) is 11.9. The Labute approximate surface area is 123 Å². The van der Waals surface area contributed by atoms with Crippen molar-refractivity contribution >= 4 is 11.3 Å². The van der Waals surface area contributed by atoms with Gasteiger partial charge in [0.25, 0.3) is 0 Å². The Bertz CT molecular complexity index is 497. The first-order valence-corrected chi connectivity index (χ1v) is 7.49. The molecule has 0 fully saturated rings. The number of thiophene rings is 1. The molecule has 0 saturated carbocycles. The summed E-state index contributed by atoms with van der Waals surface area (Å²) in [6.07, 6.45) is 1.86. The third kappa shape index (κ3) is 4.11. The molecule has 20 heavy (non-hydrogen) atoms. The molecule has 0 saturated heterocycles. The largest absolute Gasteiger partial charge is 0.394 e. The normalized spacial score (nSPS) is 13.0. The lowest BCUT2D eigenvalue weighted by Crippen LogP contribution is -2.30. The van der Waals surface area contributed by atoms with Gasteiger partial charge in [0, 0.05) is 24.2 Å². The summed E-state index contributed by atoms with van der Waals surface area (Å²) in [6, 6.07) is 4.61. The zero-order valence-corrected chi connectivity index (χ0v) is 12.7. The van der Waals surface area contributed by atoms with E-state index in [9.17, 15) is 0 Å². The molecular weight excluding hydrogens is 274 g/mol. The van der Waals surface area contributed by atoms with E-state index in [1.165, 1.54) is 4.88 Å². The second kappa shape index (κ2) is 7.49. The highest BCUT2D eigenvalue weighted by atomic mass is 32.1. The number of aliphatic hydroxyl groups is 1. The molecule has 2 aromatic rings. The molecule has 0 aliphatic rings. The van der Waals surface area contributed by atoms with Gasteiger partial charge in [-0.15, -0.1) is 16.4 Å². The molecule has 1 unspecified atom stereocenters. The summed E-state index contributed by atoms with van der Waals surface area (Å²) in [5.41, 5.74) is 0.891. The van der Waals surface area contributed by atoms with E-state index >= 15 is 0 Å². The molecule has 6 nitrogen and oxygen atoms in total. The van der Waals surface area contributed by atoms with Gasteiger partial charge in [0.2, 0.25) is 0 Å². The van der Waals surface area contributed by atoms with Crippen LogP contribution in [0.25, 0.3) is 0 Å². The monoisotopic (exact) mass is 295 g/mol. The second-order valence-electron chi connectivity index (χ2n) is 4.82. The first-order valence-electron chi connectivity index (χ1n) is 6.61. The third-order valence-electron chi connectivity index (χ3n) is 3.05. The lowest BCUT2D eigenvalue weighted by atomic mass is 10.2. The Balaban J connectivity index is 1.84. The van der Waals surface area contributed by atoms with E-state index in [4.69, 9.17) is 5.11 Å². The Morgan fingerprint density at radius 1 is 1.50 bits per heavy atom. The fourth-order valence-electron chi connectivity index (χ4n) is 1.99. The summed E-state index contributed by atoms with van der Waals surface area (Å²) >= 11 is 1.77. The van der Waals surface area contributed by atoms with Crippen molar-refractivity contribution in [2.75, 3.05) is 27.2 Å². The Morgan fingerprint density at radius 2 is 2.35 bits per heavy atom. The summed E-state index contributed by atoms with van der Waals surface area (Å²) in [5, 5.41) is 22.4. The molecule has 0 amide bonds. The molecule has 2 N–H and O–H groups in total. The van der Waals surface area contributed by atoms with E-state index in [-0.39, 0.29) is 6.61 Å². The minimum absolute atomic E-state index is 0.0807. The van der Waals surface area contributed by atoms with Gasteiger partial charge in [0.05, 0.1) is 24.9 Å². The number of likely N-dealkylation sites (N-methyl/N-ethyl adjacent to an activating group) is 1. The van der Waals surface area contributed by atoms with Gasteiger partial charge in [0.1, 0.15) is 0 Å². The average Bonchev–Trinajstić information content (AvgIpc) is 3.06. The van der Waals surface area contributed by atoms with E-state index in [2.05, 4.69) is 52.1 Å². The summed E-state index contributed by atoms with van der Waals surface area (Å²) in [6.45, 7) is 2.11. The lowest BCUT2D eigenvalue weighted by Gasteiger charge is -2.23. The molecule has 110 valence electrons. The van der Waals surface area contributed by atoms with Crippen molar-refractivity contribution in [1.29, 1.82) is 0 Å². The van der Waals surface area contributed by atoms with Gasteiger partial charge >= 0.3 is 0 Å². The second-order valence-corrected chi connectivity index (χ2v) is 5.80. The van der Waals surface area contributed by atoms with Gasteiger partial charge in [-0.05, 0) is 25.5 Å². The summed E-state index contributed by atoms with van der Waals surface area (Å²) in [5.74, 6) is 0. The van der Waals surface area contributed by atoms with E-state index in [0.717, 1.165) is 12.2 Å². The maximum absolute atomic E-state index is 8.84. The van der Waals surface area contributed by atoms with Crippen LogP contribution >= 0.6 is 11.3 Å². The highest BCUT2D eigenvalue weighted by Gasteiger charge is 2.14. The number of rotatable bonds is 8. The van der Waals surface area contributed by atoms with E-state index in [1.807, 2.05) is 6.20 Å². The molecule has 1 atom stereocenters. The highest BCUT2D eigenvalue weighted by molar-refractivity contribution is 7.10. The van der Waals surface area contributed by atoms with Crippen LogP contribution in [0.4, 0.5) is 0 Å². The fourth-order valence-corrected chi connectivity index (χ4v) is 2.91. The number of hydrogen-bond donors (Lipinski definition) is 2. The minimum atomic E-state index is 0.0807. The van der Waals surface area contributed by atoms with Crippen LogP contribution < -0.4 is 5.32 Å². The van der Waals surface area contributed by atoms with Crippen molar-refractivity contribution < 1.29 is 5.11 Å². The predicted octanol–water partition coefficient (Wildman–Crippen LogP) is 0.724. The first kappa shape index (κ1) is 15.1. The summed E-state index contributed by atoms with van der Waals surface area (Å²) < 4.78 is 1.65. The van der Waals surface area contributed by atoms with Crippen LogP contribution in [0.15, 0.2) is 23.7 Å². The van der Waals surface area contributed by atoms with Gasteiger partial charge in [0.15, 0.2) is 0 Å². The van der Waals surface area contributed by atoms with Gasteiger partial charge in [-0.25, -0.2) is 4.68 Å². The van der Waals surface area contributed by atoms with Crippen LogP contribution in [-0.2, 0) is 13.1 Å². The highest BCUT2D eigenvalue weighted by Crippen LogP contribution is 2.22. The molecule has 0 radical (unpaired) electrons. The SMILES string of the molecule is CN(C)C(CNCc1cn(CCO)nn1)c1cccs1. The standard InChI is InChI=1S/C13H21N5OS/c1-17(2)12(13-4-3-7-20-13)9-14-8-11-10-18(5-6-19)16-15-11/h3-4,7,10,12,14,19H,5-6,8-9H2,1-2H3. The average molecular weight is 295 g/mol. The molecular formula is C13H21N5OS. The van der Waals surface area contributed by atoms with E-state index in [1.54, 1.807) is 16.0 Å². The smallest absolute Gasteiger partial charge is 0.0964 e. The quantitative estimate of drug-likeness (QED) is 0.751. The molecule has 0 aromatic carbocycles. The van der Waals surface area contributed by atoms with Crippen LogP contribution in [-0.4, -0.2) is 52.2 Å². The molecule has 2 aromatic heterocycles. The van der Waals surface area contributed by atoms with Crippen molar-refractivity contribution in [2.45, 2.75) is 19.1 Å². The maximum Gasteiger partial charge on any atom is 0.0964 e. The lowest BCUT2D eigenvalue weighted by molar-refractivity contribution is 0.268. The maximum atomic E-state index is 8.84. The van der Waals surface area contributed by atoms with E-state index in [0.29, 0.717) is 19.1 Å². The number of aromatic nitrogens is 3. The number of aliphatic hydroxyl groups excluding tert-OH is 1. The van der Waals surface area contributed by atoms with Crippen LogP contribution in [0.2, 0.25) is 0 Å². The Morgan fingerprint density at radius 3 is 3.00 bits per heavy atom. The molecule has 0 bridgehead atoms. The van der Waals surface area contributed by atoms with Crippen molar-refractivity contribution in [3.05, 3.63) is 34.3 Å². The summed E-state index contributed by atoms with van der Waals surface area (Å²) in [4.78, 5) is 3.56. The Kier molecular flexibility index (Phi) is 5.66. The number of hydrogen-bond acceptors (Lipinski definition) is 6. The molecule has 2 heterocycles. The van der Waals surface area contributed by atoms with Crippen molar-refractivity contribution in [3.63, 3.8) is 0 Å². The summed E-state index contributed by atoms with van der Waals surface area (Å²) in [7, 11) is 4.17. The van der Waals surface area contributed by atoms with Crippen molar-refractivity contribution in [2.24, 2.45) is 0 Å². The van der Waals surface area contributed by atoms with Gasteiger partial charge in [-0.2, -0.15) is 0 Å². The van der Waals surface area contributed by atoms with Crippen molar-refractivity contribution in [1.82, 2.24) is 25.2 Å². The zero-order chi connectivity index (χ0) is 14.4. The van der Waals surface area contributed by atoms with Crippen LogP contribution in [0.3, 0.4) is 0 Å². The topological polar surface area (TPSA) is 66.2 Å². The van der Waals surface area contributed by atoms with Crippen LogP contribution in [0, 0.1) is 0 Å². The van der Waals surface area contributed by atoms with Gasteiger partial charge in [-0.3, -0.25) is 0 Å². The van der Waals surface area contributed by atoms with Gasteiger partial charge < -0.3 is 15.3 Å². The molecule has 0 aliphatic carbocycles. The first-order chi connectivity index (χ1) is 9.70. The molecule has 0 spiro atoms.